The van der Waals surface area contributed by atoms with Gasteiger partial charge in [-0.3, -0.25) is 10.8 Å². The topological polar surface area (TPSA) is 125 Å². The van der Waals surface area contributed by atoms with Gasteiger partial charge in [0.15, 0.2) is 6.33 Å². The van der Waals surface area contributed by atoms with Gasteiger partial charge in [-0.15, -0.1) is 0 Å². The molecule has 1 unspecified atom stereocenters. The quantitative estimate of drug-likeness (QED) is 0.335. The van der Waals surface area contributed by atoms with E-state index in [1.807, 2.05) is 32.9 Å². The molecule has 1 aliphatic heterocycles. The Kier molecular flexibility index (Phi) is 6.97. The van der Waals surface area contributed by atoms with Gasteiger partial charge >= 0.3 is 6.09 Å². The molecule has 0 radical (unpaired) electrons. The van der Waals surface area contributed by atoms with Crippen LogP contribution in [0.1, 0.15) is 31.9 Å². The largest absolute Gasteiger partial charge is 0.457 e. The molecule has 9 nitrogen and oxygen atoms in total. The zero-order chi connectivity index (χ0) is 24.2. The molecule has 10 heteroatoms. The van der Waals surface area contributed by atoms with E-state index in [1.165, 1.54) is 6.33 Å². The van der Waals surface area contributed by atoms with E-state index in [1.54, 1.807) is 35.2 Å². The normalized spacial score (nSPS) is 15.5. The number of aromatic nitrogens is 2. The summed E-state index contributed by atoms with van der Waals surface area (Å²) >= 11 is 1.14. The van der Waals surface area contributed by atoms with Gasteiger partial charge in [0.2, 0.25) is 0 Å². The summed E-state index contributed by atoms with van der Waals surface area (Å²) in [5.41, 5.74) is 2.19. The minimum atomic E-state index is -0.355. The van der Waals surface area contributed by atoms with Crippen LogP contribution in [0.15, 0.2) is 53.3 Å². The molecule has 0 aliphatic carbocycles. The maximum Gasteiger partial charge on any atom is 0.410 e. The first-order chi connectivity index (χ1) is 16.3. The Balaban J connectivity index is 1.56. The van der Waals surface area contributed by atoms with Crippen molar-refractivity contribution in [2.75, 3.05) is 6.54 Å². The van der Waals surface area contributed by atoms with Crippen LogP contribution in [0.5, 0.6) is 11.5 Å². The Bertz CT molecular complexity index is 1190. The van der Waals surface area contributed by atoms with E-state index in [4.69, 9.17) is 24.8 Å². The van der Waals surface area contributed by atoms with Gasteiger partial charge in [-0.2, -0.15) is 4.98 Å². The lowest BCUT2D eigenvalue weighted by Crippen LogP contribution is -2.24. The number of cyclic esters (lactones) is 1. The third-order valence-electron chi connectivity index (χ3n) is 5.16. The highest BCUT2D eigenvalue weighted by atomic mass is 32.2. The van der Waals surface area contributed by atoms with Gasteiger partial charge < -0.3 is 18.9 Å². The Morgan fingerprint density at radius 2 is 2.00 bits per heavy atom. The van der Waals surface area contributed by atoms with Crippen molar-refractivity contribution < 1.29 is 18.8 Å². The molecule has 0 bridgehead atoms. The Hall–Kier alpha value is -3.66. The van der Waals surface area contributed by atoms with Gasteiger partial charge in [-0.05, 0) is 43.3 Å². The Morgan fingerprint density at radius 3 is 2.62 bits per heavy atom. The zero-order valence-corrected chi connectivity index (χ0v) is 19.9. The highest BCUT2D eigenvalue weighted by molar-refractivity contribution is 8.26. The molecule has 1 atom stereocenters. The van der Waals surface area contributed by atoms with E-state index in [0.717, 1.165) is 17.3 Å². The van der Waals surface area contributed by atoms with Gasteiger partial charge in [0, 0.05) is 22.6 Å². The van der Waals surface area contributed by atoms with Crippen LogP contribution in [0, 0.1) is 16.7 Å². The summed E-state index contributed by atoms with van der Waals surface area (Å²) in [6.45, 7) is 6.56. The maximum atomic E-state index is 12.1. The Labute approximate surface area is 201 Å². The molecular weight excluding hydrogens is 454 g/mol. The fourth-order valence-electron chi connectivity index (χ4n) is 3.31. The molecule has 4 rings (SSSR count). The number of carbonyl (C=O) groups excluding carboxylic acids is 1. The van der Waals surface area contributed by atoms with Gasteiger partial charge in [-0.1, -0.05) is 36.8 Å². The SMILES string of the molecule is CC1CN(Cc2ccc(-c3ncno3)cc2Oc2ccc(C(=N)SC(=N)C(C)C)cc2)C(=O)O1. The lowest BCUT2D eigenvalue weighted by molar-refractivity contribution is 0.137. The minimum Gasteiger partial charge on any atom is -0.457 e. The van der Waals surface area contributed by atoms with Crippen LogP contribution in [0.3, 0.4) is 0 Å². The number of hydrogen-bond acceptors (Lipinski definition) is 9. The molecule has 34 heavy (non-hydrogen) atoms. The third-order valence-corrected chi connectivity index (χ3v) is 6.29. The average Bonchev–Trinajstić information content (AvgIpc) is 3.45. The molecule has 2 heterocycles. The summed E-state index contributed by atoms with van der Waals surface area (Å²) in [4.78, 5) is 17.8. The third kappa shape index (κ3) is 5.45. The molecule has 176 valence electrons. The van der Waals surface area contributed by atoms with Crippen molar-refractivity contribution in [3.8, 4) is 23.0 Å². The van der Waals surface area contributed by atoms with Crippen molar-refractivity contribution >= 4 is 27.9 Å². The molecule has 3 aromatic rings. The van der Waals surface area contributed by atoms with Crippen LogP contribution >= 0.6 is 11.8 Å². The van der Waals surface area contributed by atoms with Crippen molar-refractivity contribution in [1.82, 2.24) is 15.0 Å². The number of carbonyl (C=O) groups is 1. The molecule has 0 saturated carbocycles. The highest BCUT2D eigenvalue weighted by Crippen LogP contribution is 2.32. The first-order valence-corrected chi connectivity index (χ1v) is 11.6. The summed E-state index contributed by atoms with van der Waals surface area (Å²) in [6.07, 6.45) is 0.815. The number of benzene rings is 2. The monoisotopic (exact) mass is 479 g/mol. The smallest absolute Gasteiger partial charge is 0.410 e. The van der Waals surface area contributed by atoms with Crippen molar-refractivity contribution in [3.63, 3.8) is 0 Å². The predicted octanol–water partition coefficient (Wildman–Crippen LogP) is 5.56. The second kappa shape index (κ2) is 10.1. The molecule has 1 saturated heterocycles. The van der Waals surface area contributed by atoms with Gasteiger partial charge in [0.05, 0.1) is 18.1 Å². The van der Waals surface area contributed by atoms with Crippen LogP contribution in [0.4, 0.5) is 4.79 Å². The molecule has 1 fully saturated rings. The molecule has 1 aromatic heterocycles. The number of amides is 1. The fraction of sp³-hybridized carbons (Fsp3) is 0.292. The summed E-state index contributed by atoms with van der Waals surface area (Å²) in [5.74, 6) is 1.55. The van der Waals surface area contributed by atoms with Crippen molar-refractivity contribution in [3.05, 3.63) is 59.9 Å². The predicted molar refractivity (Wildman–Crippen MR) is 130 cm³/mol. The summed E-state index contributed by atoms with van der Waals surface area (Å²) in [7, 11) is 0. The van der Waals surface area contributed by atoms with E-state index >= 15 is 0 Å². The molecule has 0 spiro atoms. The van der Waals surface area contributed by atoms with Crippen LogP contribution < -0.4 is 4.74 Å². The number of thioether (sulfide) groups is 1. The molecule has 1 aliphatic rings. The van der Waals surface area contributed by atoms with E-state index < -0.39 is 0 Å². The van der Waals surface area contributed by atoms with E-state index in [-0.39, 0.29) is 18.1 Å². The second-order valence-electron chi connectivity index (χ2n) is 8.22. The standard InChI is InChI=1S/C24H25N5O4S/c1-14(2)21(25)34-22(26)16-6-8-19(9-7-16)32-20-10-17(23-27-13-28-33-23)4-5-18(20)12-29-11-15(3)31-24(29)30/h4-10,13-15,25-26H,11-12H2,1-3H3. The van der Waals surface area contributed by atoms with E-state index in [9.17, 15) is 4.79 Å². The second-order valence-corrected chi connectivity index (χ2v) is 9.27. The van der Waals surface area contributed by atoms with Gasteiger partial charge in [0.25, 0.3) is 5.89 Å². The zero-order valence-electron chi connectivity index (χ0n) is 19.1. The van der Waals surface area contributed by atoms with Crippen molar-refractivity contribution in [2.45, 2.75) is 33.4 Å². The number of nitrogens with one attached hydrogen (secondary N) is 2. The molecule has 1 amide bonds. The van der Waals surface area contributed by atoms with Crippen LogP contribution in [-0.2, 0) is 11.3 Å². The Morgan fingerprint density at radius 1 is 1.24 bits per heavy atom. The molecule has 2 aromatic carbocycles. The number of ether oxygens (including phenoxy) is 2. The van der Waals surface area contributed by atoms with Crippen molar-refractivity contribution in [1.29, 1.82) is 10.8 Å². The maximum absolute atomic E-state index is 12.1. The lowest BCUT2D eigenvalue weighted by Gasteiger charge is -2.17. The van der Waals surface area contributed by atoms with Crippen LogP contribution in [0.25, 0.3) is 11.5 Å². The number of nitrogens with zero attached hydrogens (tertiary/aromatic N) is 3. The summed E-state index contributed by atoms with van der Waals surface area (Å²) in [5, 5.41) is 20.7. The summed E-state index contributed by atoms with van der Waals surface area (Å²) < 4.78 is 16.6. The lowest BCUT2D eigenvalue weighted by atomic mass is 10.1. The fourth-order valence-corrected chi connectivity index (χ4v) is 4.01. The van der Waals surface area contributed by atoms with Gasteiger partial charge in [-0.25, -0.2) is 4.79 Å². The first kappa shape index (κ1) is 23.5. The van der Waals surface area contributed by atoms with Gasteiger partial charge in [0.1, 0.15) is 22.6 Å². The summed E-state index contributed by atoms with van der Waals surface area (Å²) in [6, 6.07) is 12.6. The molecule has 2 N–H and O–H groups in total. The first-order valence-electron chi connectivity index (χ1n) is 10.8. The number of rotatable bonds is 7. The van der Waals surface area contributed by atoms with Crippen LogP contribution in [-0.4, -0.2) is 43.9 Å². The van der Waals surface area contributed by atoms with Crippen LogP contribution in [0.2, 0.25) is 0 Å². The minimum absolute atomic E-state index is 0.0772. The molecular formula is C24H25N5O4S. The average molecular weight is 480 g/mol. The van der Waals surface area contributed by atoms with E-state index in [0.29, 0.717) is 51.7 Å². The highest BCUT2D eigenvalue weighted by Gasteiger charge is 2.29. The number of hydrogen-bond donors (Lipinski definition) is 2. The van der Waals surface area contributed by atoms with E-state index in [2.05, 4.69) is 10.1 Å². The van der Waals surface area contributed by atoms with Crippen molar-refractivity contribution in [2.24, 2.45) is 5.92 Å².